The van der Waals surface area contributed by atoms with E-state index in [0.29, 0.717) is 5.75 Å². The highest BCUT2D eigenvalue weighted by atomic mass is 16.5. The Hall–Kier alpha value is -2.03. The van der Waals surface area contributed by atoms with Gasteiger partial charge in [0.25, 0.3) is 0 Å². The van der Waals surface area contributed by atoms with Crippen LogP contribution in [0.5, 0.6) is 11.5 Å². The maximum Gasteiger partial charge on any atom is 0.127 e. The first-order valence-electron chi connectivity index (χ1n) is 10.3. The number of phenols is 1. The minimum Gasteiger partial charge on any atom is -0.507 e. The second-order valence-electron chi connectivity index (χ2n) is 8.84. The Morgan fingerprint density at radius 3 is 2.48 bits per heavy atom. The van der Waals surface area contributed by atoms with Crippen LogP contribution in [-0.4, -0.2) is 34.2 Å². The van der Waals surface area contributed by atoms with Gasteiger partial charge in [-0.25, -0.2) is 0 Å². The minimum atomic E-state index is -1.50. The Balaban J connectivity index is 1.73. The summed E-state index contributed by atoms with van der Waals surface area (Å²) in [5.74, 6) is 0.883. The van der Waals surface area contributed by atoms with Crippen LogP contribution in [0.25, 0.3) is 0 Å². The molecule has 2 nitrogen and oxygen atoms in total. The molecule has 1 aliphatic heterocycles. The molecule has 3 unspecified atom stereocenters. The van der Waals surface area contributed by atoms with Gasteiger partial charge in [-0.3, -0.25) is 0 Å². The highest BCUT2D eigenvalue weighted by Gasteiger charge is 2.52. The van der Waals surface area contributed by atoms with Crippen molar-refractivity contribution in [3.05, 3.63) is 70.8 Å². The number of allylic oxidation sites excluding steroid dienone is 2. The summed E-state index contributed by atoms with van der Waals surface area (Å²) in [6, 6.07) is 14.2. The van der Waals surface area contributed by atoms with Gasteiger partial charge in [-0.05, 0) is 62.8 Å². The summed E-state index contributed by atoms with van der Waals surface area (Å²) in [6.07, 6.45) is 5.71. The van der Waals surface area contributed by atoms with E-state index in [1.807, 2.05) is 37.3 Å². The van der Waals surface area contributed by atoms with Crippen LogP contribution in [0.1, 0.15) is 49.3 Å². The van der Waals surface area contributed by atoms with Gasteiger partial charge in [-0.15, -0.1) is 0 Å². The van der Waals surface area contributed by atoms with Crippen molar-refractivity contribution in [2.24, 2.45) is 5.92 Å². The van der Waals surface area contributed by atoms with E-state index in [1.165, 1.54) is 11.1 Å². The normalized spacial score (nSPS) is 26.1. The molecular formula is C24H25B3O2. The van der Waals surface area contributed by atoms with Gasteiger partial charge in [-0.1, -0.05) is 47.1 Å². The number of aryl methyl sites for hydroxylation is 2. The molecule has 0 saturated carbocycles. The first-order valence-corrected chi connectivity index (χ1v) is 10.3. The summed E-state index contributed by atoms with van der Waals surface area (Å²) in [5.41, 5.74) is 3.45. The highest BCUT2D eigenvalue weighted by Crippen LogP contribution is 2.57. The highest BCUT2D eigenvalue weighted by molar-refractivity contribution is 6.59. The second kappa shape index (κ2) is 7.34. The van der Waals surface area contributed by atoms with Gasteiger partial charge in [0.2, 0.25) is 0 Å². The van der Waals surface area contributed by atoms with Crippen LogP contribution in [-0.2, 0) is 12.8 Å². The lowest BCUT2D eigenvalue weighted by Crippen LogP contribution is -2.56. The molecule has 1 N–H and O–H groups in total. The zero-order chi connectivity index (χ0) is 20.8. The average molecular weight is 378 g/mol. The van der Waals surface area contributed by atoms with Crippen molar-refractivity contribution in [1.29, 1.82) is 0 Å². The molecule has 0 fully saturated rings. The van der Waals surface area contributed by atoms with Crippen LogP contribution in [0.2, 0.25) is 5.11 Å². The largest absolute Gasteiger partial charge is 0.507 e. The first-order chi connectivity index (χ1) is 13.7. The van der Waals surface area contributed by atoms with Crippen LogP contribution in [0.15, 0.2) is 54.1 Å². The van der Waals surface area contributed by atoms with Crippen molar-refractivity contribution in [2.45, 2.75) is 56.2 Å². The molecule has 2 aromatic carbocycles. The number of fused-ring (bicyclic) bond motifs is 3. The molecule has 3 atom stereocenters. The topological polar surface area (TPSA) is 29.5 Å². The molecule has 0 spiro atoms. The monoisotopic (exact) mass is 378 g/mol. The molecular weight excluding hydrogens is 353 g/mol. The van der Waals surface area contributed by atoms with E-state index in [0.717, 1.165) is 36.8 Å². The Morgan fingerprint density at radius 1 is 1.10 bits per heavy atom. The molecule has 2 aromatic rings. The van der Waals surface area contributed by atoms with Crippen molar-refractivity contribution in [2.75, 3.05) is 0 Å². The molecule has 29 heavy (non-hydrogen) atoms. The molecule has 4 rings (SSSR count). The van der Waals surface area contributed by atoms with E-state index < -0.39 is 10.7 Å². The van der Waals surface area contributed by atoms with Crippen molar-refractivity contribution in [3.8, 4) is 11.5 Å². The third-order valence-electron chi connectivity index (χ3n) is 6.70. The van der Waals surface area contributed by atoms with E-state index in [2.05, 4.69) is 25.1 Å². The van der Waals surface area contributed by atoms with Gasteiger partial charge in [0.05, 0.1) is 29.1 Å². The smallest absolute Gasteiger partial charge is 0.127 e. The number of aromatic hydroxyl groups is 1. The third kappa shape index (κ3) is 3.65. The van der Waals surface area contributed by atoms with E-state index in [-0.39, 0.29) is 17.6 Å². The van der Waals surface area contributed by atoms with Gasteiger partial charge in [0.15, 0.2) is 0 Å². The molecule has 142 valence electrons. The fraction of sp³-hybridized carbons (Fsp3) is 0.417. The predicted octanol–water partition coefficient (Wildman–Crippen LogP) is 4.35. The SMILES string of the molecule is [B]C([B])([B])C1(C)Oc2cc(CCc3ccccc3)cc(O)c2C2C=C(C)CCC21. The van der Waals surface area contributed by atoms with Gasteiger partial charge < -0.3 is 9.84 Å². The molecule has 1 heterocycles. The van der Waals surface area contributed by atoms with Gasteiger partial charge >= 0.3 is 0 Å². The molecule has 0 amide bonds. The van der Waals surface area contributed by atoms with Crippen LogP contribution in [0.3, 0.4) is 0 Å². The number of hydrogen-bond donors (Lipinski definition) is 1. The van der Waals surface area contributed by atoms with Gasteiger partial charge in [0, 0.05) is 17.4 Å². The molecule has 2 aliphatic rings. The van der Waals surface area contributed by atoms with Crippen LogP contribution in [0, 0.1) is 5.92 Å². The molecule has 6 radical (unpaired) electrons. The first kappa shape index (κ1) is 20.3. The summed E-state index contributed by atoms with van der Waals surface area (Å²) in [7, 11) is 18.6. The number of ether oxygens (including phenoxy) is 1. The zero-order valence-corrected chi connectivity index (χ0v) is 17.2. The number of phenolic OH excluding ortho intramolecular Hbond substituents is 1. The minimum absolute atomic E-state index is 0.000214. The lowest BCUT2D eigenvalue weighted by Gasteiger charge is -2.55. The average Bonchev–Trinajstić information content (AvgIpc) is 2.65. The van der Waals surface area contributed by atoms with E-state index in [1.54, 1.807) is 0 Å². The van der Waals surface area contributed by atoms with Crippen LogP contribution < -0.4 is 4.74 Å². The Morgan fingerprint density at radius 2 is 1.79 bits per heavy atom. The number of rotatable bonds is 4. The summed E-state index contributed by atoms with van der Waals surface area (Å²) in [5, 5.41) is 9.43. The third-order valence-corrected chi connectivity index (χ3v) is 6.70. The summed E-state index contributed by atoms with van der Waals surface area (Å²) in [4.78, 5) is 0. The second-order valence-corrected chi connectivity index (χ2v) is 8.84. The summed E-state index contributed by atoms with van der Waals surface area (Å²) >= 11 is 0. The molecule has 0 bridgehead atoms. The van der Waals surface area contributed by atoms with Crippen molar-refractivity contribution < 1.29 is 9.84 Å². The zero-order valence-electron chi connectivity index (χ0n) is 17.2. The quantitative estimate of drug-likeness (QED) is 0.634. The van der Waals surface area contributed by atoms with Crippen molar-refractivity contribution >= 4 is 23.5 Å². The summed E-state index contributed by atoms with van der Waals surface area (Å²) in [6.45, 7) is 4.02. The number of benzene rings is 2. The van der Waals surface area contributed by atoms with Gasteiger partial charge in [-0.2, -0.15) is 0 Å². The Kier molecular flexibility index (Phi) is 5.13. The molecule has 5 heteroatoms. The van der Waals surface area contributed by atoms with Crippen LogP contribution in [0.4, 0.5) is 0 Å². The fourth-order valence-electron chi connectivity index (χ4n) is 4.85. The molecule has 0 aromatic heterocycles. The fourth-order valence-corrected chi connectivity index (χ4v) is 4.85. The van der Waals surface area contributed by atoms with Gasteiger partial charge in [0.1, 0.15) is 11.5 Å². The molecule has 1 aliphatic carbocycles. The van der Waals surface area contributed by atoms with Crippen LogP contribution >= 0.6 is 0 Å². The number of hydrogen-bond acceptors (Lipinski definition) is 2. The summed E-state index contributed by atoms with van der Waals surface area (Å²) < 4.78 is 6.40. The van der Waals surface area contributed by atoms with Crippen molar-refractivity contribution in [3.63, 3.8) is 0 Å². The maximum absolute atomic E-state index is 10.9. The maximum atomic E-state index is 10.9. The lowest BCUT2D eigenvalue weighted by molar-refractivity contribution is -0.00521. The van der Waals surface area contributed by atoms with E-state index >= 15 is 0 Å². The Bertz CT molecular complexity index is 933. The van der Waals surface area contributed by atoms with E-state index in [9.17, 15) is 5.11 Å². The molecule has 0 saturated heterocycles. The van der Waals surface area contributed by atoms with E-state index in [4.69, 9.17) is 28.3 Å². The standard InChI is InChI=1S/C24H25B3O2/c1-15-8-11-19-18(12-15)22-20(28)13-17(10-9-16-6-4-3-5-7-16)14-21(22)29-23(19,2)24(25,26)27/h3-7,12-14,18-19,28H,8-11H2,1-2H3. The Labute approximate surface area is 178 Å². The van der Waals surface area contributed by atoms with Crippen molar-refractivity contribution in [1.82, 2.24) is 0 Å². The lowest BCUT2D eigenvalue weighted by atomic mass is 9.33. The predicted molar refractivity (Wildman–Crippen MR) is 120 cm³/mol.